The van der Waals surface area contributed by atoms with Crippen molar-refractivity contribution in [3.05, 3.63) is 58.8 Å². The van der Waals surface area contributed by atoms with Crippen molar-refractivity contribution in [2.45, 2.75) is 32.2 Å². The maximum Gasteiger partial charge on any atom is 0.258 e. The Bertz CT molecular complexity index is 935. The molecule has 0 bridgehead atoms. The van der Waals surface area contributed by atoms with Crippen molar-refractivity contribution in [1.29, 1.82) is 0 Å². The minimum Gasteiger partial charge on any atom is -0.469 e. The molecule has 0 aliphatic carbocycles. The molecule has 2 aromatic heterocycles. The number of piperidine rings is 1. The van der Waals surface area contributed by atoms with Crippen LogP contribution in [0, 0.1) is 6.92 Å². The van der Waals surface area contributed by atoms with E-state index in [2.05, 4.69) is 15.4 Å². The molecule has 1 aliphatic rings. The molecule has 26 heavy (non-hydrogen) atoms. The van der Waals surface area contributed by atoms with Crippen molar-refractivity contribution >= 4 is 17.5 Å². The number of tetrazole rings is 1. The lowest BCUT2D eigenvalue weighted by atomic mass is 10.0. The summed E-state index contributed by atoms with van der Waals surface area (Å²) in [6.07, 6.45) is 4.32. The molecule has 0 saturated carbocycles. The number of rotatable bonds is 3. The standard InChI is InChI=1S/C18H18ClN5O2/c1-12-15(8-10-26-12)18(25)23-9-3-2-7-16(23)17-20-22-24(21-17)14-6-4-5-13(19)11-14/h4-6,8,10-11,16H,2-3,7,9H2,1H3. The largest absolute Gasteiger partial charge is 0.469 e. The zero-order valence-corrected chi connectivity index (χ0v) is 15.1. The molecule has 8 heteroatoms. The van der Waals surface area contributed by atoms with Crippen LogP contribution in [-0.2, 0) is 0 Å². The molecular weight excluding hydrogens is 354 g/mol. The summed E-state index contributed by atoms with van der Waals surface area (Å²) in [7, 11) is 0. The van der Waals surface area contributed by atoms with Crippen molar-refractivity contribution in [3.63, 3.8) is 0 Å². The average Bonchev–Trinajstić information content (AvgIpc) is 3.30. The number of furan rings is 1. The van der Waals surface area contributed by atoms with Crippen molar-refractivity contribution in [3.8, 4) is 5.69 Å². The summed E-state index contributed by atoms with van der Waals surface area (Å²) < 4.78 is 5.28. The number of benzene rings is 1. The number of hydrogen-bond acceptors (Lipinski definition) is 5. The van der Waals surface area contributed by atoms with E-state index >= 15 is 0 Å². The van der Waals surface area contributed by atoms with Crippen LogP contribution in [0.5, 0.6) is 0 Å². The highest BCUT2D eigenvalue weighted by Gasteiger charge is 2.33. The van der Waals surface area contributed by atoms with Gasteiger partial charge in [-0.15, -0.1) is 15.0 Å². The van der Waals surface area contributed by atoms with Crippen molar-refractivity contribution in [2.24, 2.45) is 0 Å². The number of hydrogen-bond donors (Lipinski definition) is 0. The third kappa shape index (κ3) is 3.10. The number of carbonyl (C=O) groups excluding carboxylic acids is 1. The zero-order chi connectivity index (χ0) is 18.1. The van der Waals surface area contributed by atoms with E-state index in [1.807, 2.05) is 17.0 Å². The Kier molecular flexibility index (Phi) is 4.46. The van der Waals surface area contributed by atoms with E-state index in [1.165, 1.54) is 11.1 Å². The van der Waals surface area contributed by atoms with Crippen molar-refractivity contribution < 1.29 is 9.21 Å². The van der Waals surface area contributed by atoms with E-state index in [4.69, 9.17) is 16.0 Å². The van der Waals surface area contributed by atoms with Crippen LogP contribution >= 0.6 is 11.6 Å². The summed E-state index contributed by atoms with van der Waals surface area (Å²) >= 11 is 6.04. The summed E-state index contributed by atoms with van der Waals surface area (Å²) in [6, 6.07) is 8.76. The fourth-order valence-corrected chi connectivity index (χ4v) is 3.46. The molecule has 134 valence electrons. The van der Waals surface area contributed by atoms with Gasteiger partial charge in [-0.1, -0.05) is 17.7 Å². The quantitative estimate of drug-likeness (QED) is 0.703. The van der Waals surface area contributed by atoms with Crippen LogP contribution in [0.1, 0.15) is 47.2 Å². The van der Waals surface area contributed by atoms with E-state index in [0.29, 0.717) is 28.7 Å². The molecule has 0 spiro atoms. The Morgan fingerprint density at radius 2 is 2.19 bits per heavy atom. The minimum absolute atomic E-state index is 0.0555. The minimum atomic E-state index is -0.196. The third-order valence-electron chi connectivity index (χ3n) is 4.62. The monoisotopic (exact) mass is 371 g/mol. The number of aryl methyl sites for hydroxylation is 1. The van der Waals surface area contributed by atoms with Gasteiger partial charge in [-0.25, -0.2) is 0 Å². The molecule has 4 rings (SSSR count). The van der Waals surface area contributed by atoms with Gasteiger partial charge in [-0.05, 0) is 55.7 Å². The highest BCUT2D eigenvalue weighted by molar-refractivity contribution is 6.30. The van der Waals surface area contributed by atoms with Crippen LogP contribution in [-0.4, -0.2) is 37.6 Å². The summed E-state index contributed by atoms with van der Waals surface area (Å²) in [4.78, 5) is 16.2. The lowest BCUT2D eigenvalue weighted by Gasteiger charge is -2.33. The molecule has 1 atom stereocenters. The first-order chi connectivity index (χ1) is 12.6. The molecule has 1 saturated heterocycles. The topological polar surface area (TPSA) is 77.0 Å². The first-order valence-electron chi connectivity index (χ1n) is 8.54. The molecule has 0 N–H and O–H groups in total. The van der Waals surface area contributed by atoms with Gasteiger partial charge in [0.1, 0.15) is 5.76 Å². The first kappa shape index (κ1) is 16.8. The lowest BCUT2D eigenvalue weighted by molar-refractivity contribution is 0.0598. The third-order valence-corrected chi connectivity index (χ3v) is 4.85. The van der Waals surface area contributed by atoms with Crippen LogP contribution in [0.2, 0.25) is 5.02 Å². The molecule has 1 aliphatic heterocycles. The average molecular weight is 372 g/mol. The molecule has 1 amide bonds. The molecular formula is C18H18ClN5O2. The molecule has 3 aromatic rings. The Morgan fingerprint density at radius 1 is 1.31 bits per heavy atom. The van der Waals surface area contributed by atoms with Crippen LogP contribution < -0.4 is 0 Å². The fourth-order valence-electron chi connectivity index (χ4n) is 3.27. The maximum absolute atomic E-state index is 13.0. The highest BCUT2D eigenvalue weighted by Crippen LogP contribution is 2.31. The number of nitrogens with zero attached hydrogens (tertiary/aromatic N) is 5. The Hall–Kier alpha value is -2.67. The van der Waals surface area contributed by atoms with Crippen LogP contribution in [0.3, 0.4) is 0 Å². The zero-order valence-electron chi connectivity index (χ0n) is 14.3. The number of amides is 1. The van der Waals surface area contributed by atoms with Crippen LogP contribution in [0.25, 0.3) is 5.69 Å². The molecule has 1 unspecified atom stereocenters. The van der Waals surface area contributed by atoms with Gasteiger partial charge in [-0.3, -0.25) is 4.79 Å². The second-order valence-corrected chi connectivity index (χ2v) is 6.75. The van der Waals surface area contributed by atoms with Gasteiger partial charge < -0.3 is 9.32 Å². The molecule has 1 aromatic carbocycles. The van der Waals surface area contributed by atoms with Crippen molar-refractivity contribution in [2.75, 3.05) is 6.54 Å². The number of aromatic nitrogens is 4. The van der Waals surface area contributed by atoms with Gasteiger partial charge in [0.25, 0.3) is 5.91 Å². The van der Waals surface area contributed by atoms with Gasteiger partial charge in [0.2, 0.25) is 0 Å². The fraction of sp³-hybridized carbons (Fsp3) is 0.333. The summed E-state index contributed by atoms with van der Waals surface area (Å²) in [6.45, 7) is 2.46. The number of likely N-dealkylation sites (tertiary alicyclic amines) is 1. The maximum atomic E-state index is 13.0. The second-order valence-electron chi connectivity index (χ2n) is 6.32. The van der Waals surface area contributed by atoms with Crippen molar-refractivity contribution in [1.82, 2.24) is 25.1 Å². The predicted molar refractivity (Wildman–Crippen MR) is 95.2 cm³/mol. The Labute approximate surface area is 155 Å². The molecule has 3 heterocycles. The Balaban J connectivity index is 1.63. The molecule has 0 radical (unpaired) electrons. The van der Waals surface area contributed by atoms with E-state index in [1.54, 1.807) is 25.1 Å². The van der Waals surface area contributed by atoms with E-state index in [9.17, 15) is 4.79 Å². The summed E-state index contributed by atoms with van der Waals surface area (Å²) in [5.41, 5.74) is 1.31. The SMILES string of the molecule is Cc1occc1C(=O)N1CCCCC1c1nnn(-c2cccc(Cl)c2)n1. The summed E-state index contributed by atoms with van der Waals surface area (Å²) in [5, 5.41) is 13.4. The van der Waals surface area contributed by atoms with Gasteiger partial charge in [0.05, 0.1) is 23.6 Å². The van der Waals surface area contributed by atoms with Gasteiger partial charge in [0.15, 0.2) is 5.82 Å². The number of halogens is 1. The normalized spacial score (nSPS) is 17.5. The van der Waals surface area contributed by atoms with Crippen LogP contribution in [0.4, 0.5) is 0 Å². The summed E-state index contributed by atoms with van der Waals surface area (Å²) in [5.74, 6) is 1.11. The second kappa shape index (κ2) is 6.92. The van der Waals surface area contributed by atoms with E-state index in [-0.39, 0.29) is 11.9 Å². The van der Waals surface area contributed by atoms with E-state index < -0.39 is 0 Å². The number of carbonyl (C=O) groups is 1. The molecule has 1 fully saturated rings. The van der Waals surface area contributed by atoms with Gasteiger partial charge in [-0.2, -0.15) is 0 Å². The van der Waals surface area contributed by atoms with Crippen LogP contribution in [0.15, 0.2) is 41.0 Å². The van der Waals surface area contributed by atoms with Gasteiger partial charge >= 0.3 is 0 Å². The smallest absolute Gasteiger partial charge is 0.258 e. The Morgan fingerprint density at radius 3 is 2.96 bits per heavy atom. The molecule has 7 nitrogen and oxygen atoms in total. The van der Waals surface area contributed by atoms with Gasteiger partial charge in [0, 0.05) is 11.6 Å². The van der Waals surface area contributed by atoms with E-state index in [0.717, 1.165) is 24.9 Å². The highest BCUT2D eigenvalue weighted by atomic mass is 35.5. The first-order valence-corrected chi connectivity index (χ1v) is 8.92. The lowest BCUT2D eigenvalue weighted by Crippen LogP contribution is -2.39. The predicted octanol–water partition coefficient (Wildman–Crippen LogP) is 3.58.